The molecule has 0 fully saturated rings. The smallest absolute Gasteiger partial charge is 0.159 e. The lowest BCUT2D eigenvalue weighted by atomic mass is 10.0. The molecule has 0 atom stereocenters. The normalized spacial score (nSPS) is 11.3. The minimum atomic E-state index is -0.482. The van der Waals surface area contributed by atoms with Crippen LogP contribution in [0.4, 0.5) is 10.1 Å². The molecule has 0 aliphatic rings. The second-order valence-electron chi connectivity index (χ2n) is 6.40. The lowest BCUT2D eigenvalue weighted by Gasteiger charge is -2.11. The number of aryl methyl sites for hydroxylation is 1. The molecule has 0 heterocycles. The summed E-state index contributed by atoms with van der Waals surface area (Å²) in [4.78, 5) is 8.34. The Kier molecular flexibility index (Phi) is 14.9. The van der Waals surface area contributed by atoms with Crippen molar-refractivity contribution in [2.24, 2.45) is 15.7 Å². The average molecular weight is 476 g/mol. The van der Waals surface area contributed by atoms with Gasteiger partial charge in [-0.25, -0.2) is 14.4 Å². The van der Waals surface area contributed by atoms with Gasteiger partial charge in [-0.05, 0) is 56.9 Å². The monoisotopic (exact) mass is 475 g/mol. The number of amidine groups is 1. The van der Waals surface area contributed by atoms with Crippen LogP contribution in [0.15, 0.2) is 76.8 Å². The van der Waals surface area contributed by atoms with E-state index in [1.54, 1.807) is 49.4 Å². The predicted octanol–water partition coefficient (Wildman–Crippen LogP) is 8.52. The van der Waals surface area contributed by atoms with E-state index >= 15 is 4.39 Å². The number of hydrogen-bond acceptors (Lipinski definition) is 2. The summed E-state index contributed by atoms with van der Waals surface area (Å²) in [6.45, 7) is 15.2. The minimum absolute atomic E-state index is 0.180. The first-order valence-corrected chi connectivity index (χ1v) is 10.9. The van der Waals surface area contributed by atoms with Crippen molar-refractivity contribution >= 4 is 41.4 Å². The maximum atomic E-state index is 15.3. The van der Waals surface area contributed by atoms with E-state index in [2.05, 4.69) is 42.9 Å². The summed E-state index contributed by atoms with van der Waals surface area (Å²) < 4.78 is 15.3. The summed E-state index contributed by atoms with van der Waals surface area (Å²) >= 11 is 12.1. The van der Waals surface area contributed by atoms with Crippen LogP contribution in [0.25, 0.3) is 11.1 Å². The standard InChI is InChI=1S/C22H19Cl2FN2.C3H8.CH5N/c1-5-7-8-15(6-2)22(26-4)27-21-14(3)9-10-19(20(21)25)16-11-17(23)13-18(24)12-16;1-3-2;1-2/h5-13H,2,4H2,1,3H3;3H2,1-2H3;2H2,1H3/b7-5-,15-8+,27-22?;;. The molecule has 32 heavy (non-hydrogen) atoms. The van der Waals surface area contributed by atoms with E-state index in [-0.39, 0.29) is 11.5 Å². The Morgan fingerprint density at radius 1 is 1.12 bits per heavy atom. The van der Waals surface area contributed by atoms with E-state index < -0.39 is 5.82 Å². The molecule has 0 unspecified atom stereocenters. The van der Waals surface area contributed by atoms with Crippen molar-refractivity contribution in [2.75, 3.05) is 7.05 Å². The molecule has 0 radical (unpaired) electrons. The summed E-state index contributed by atoms with van der Waals surface area (Å²) in [5.41, 5.74) is 6.91. The fourth-order valence-electron chi connectivity index (χ4n) is 2.46. The lowest BCUT2D eigenvalue weighted by Crippen LogP contribution is -1.98. The van der Waals surface area contributed by atoms with Crippen LogP contribution in [0.1, 0.15) is 32.8 Å². The maximum Gasteiger partial charge on any atom is 0.159 e. The highest BCUT2D eigenvalue weighted by molar-refractivity contribution is 6.35. The molecule has 0 saturated carbocycles. The summed E-state index contributed by atoms with van der Waals surface area (Å²) in [7, 11) is 1.50. The number of benzene rings is 2. The largest absolute Gasteiger partial charge is 0.333 e. The van der Waals surface area contributed by atoms with Crippen molar-refractivity contribution in [3.8, 4) is 11.1 Å². The highest BCUT2D eigenvalue weighted by Gasteiger charge is 2.15. The van der Waals surface area contributed by atoms with Crippen LogP contribution in [0.3, 0.4) is 0 Å². The van der Waals surface area contributed by atoms with E-state index in [0.29, 0.717) is 32.3 Å². The highest BCUT2D eigenvalue weighted by Crippen LogP contribution is 2.35. The van der Waals surface area contributed by atoms with Crippen molar-refractivity contribution in [1.29, 1.82) is 0 Å². The molecular weight excluding hydrogens is 444 g/mol. The predicted molar refractivity (Wildman–Crippen MR) is 142 cm³/mol. The van der Waals surface area contributed by atoms with Gasteiger partial charge in [0, 0.05) is 21.2 Å². The Balaban J connectivity index is 0.00000177. The molecule has 3 nitrogen and oxygen atoms in total. The molecule has 0 saturated heterocycles. The zero-order valence-electron chi connectivity index (χ0n) is 19.4. The average Bonchev–Trinajstić information content (AvgIpc) is 2.76. The van der Waals surface area contributed by atoms with Gasteiger partial charge in [0.2, 0.25) is 0 Å². The Morgan fingerprint density at radius 3 is 2.16 bits per heavy atom. The van der Waals surface area contributed by atoms with E-state index in [0.717, 1.165) is 0 Å². The molecule has 0 spiro atoms. The molecule has 0 amide bonds. The van der Waals surface area contributed by atoms with E-state index in [9.17, 15) is 0 Å². The van der Waals surface area contributed by atoms with Gasteiger partial charge in [0.1, 0.15) is 5.69 Å². The minimum Gasteiger partial charge on any atom is -0.333 e. The number of aliphatic imine (C=N–C) groups is 2. The molecule has 0 aliphatic carbocycles. The Labute approximate surface area is 201 Å². The molecule has 2 aromatic rings. The molecule has 0 aromatic heterocycles. The maximum absolute atomic E-state index is 15.3. The van der Waals surface area contributed by atoms with Crippen molar-refractivity contribution in [3.63, 3.8) is 0 Å². The van der Waals surface area contributed by atoms with Gasteiger partial charge in [0.25, 0.3) is 0 Å². The number of hydrogen-bond donors (Lipinski definition) is 1. The van der Waals surface area contributed by atoms with Crippen molar-refractivity contribution < 1.29 is 4.39 Å². The number of nitrogens with two attached hydrogens (primary N) is 1. The van der Waals surface area contributed by atoms with E-state index in [1.807, 2.05) is 19.1 Å². The van der Waals surface area contributed by atoms with Crippen LogP contribution in [0.2, 0.25) is 10.0 Å². The lowest BCUT2D eigenvalue weighted by molar-refractivity contribution is 0.632. The van der Waals surface area contributed by atoms with Crippen molar-refractivity contribution in [1.82, 2.24) is 0 Å². The number of allylic oxidation sites excluding steroid dienone is 3. The number of halogens is 3. The summed E-state index contributed by atoms with van der Waals surface area (Å²) in [6.07, 6.45) is 8.32. The van der Waals surface area contributed by atoms with Gasteiger partial charge in [0.15, 0.2) is 11.7 Å². The molecular formula is C26H32Cl2FN3. The first-order valence-electron chi connectivity index (χ1n) is 10.2. The van der Waals surface area contributed by atoms with Gasteiger partial charge in [-0.3, -0.25) is 0 Å². The highest BCUT2D eigenvalue weighted by atomic mass is 35.5. The van der Waals surface area contributed by atoms with Crippen LogP contribution in [-0.4, -0.2) is 19.6 Å². The third-order valence-electron chi connectivity index (χ3n) is 3.81. The van der Waals surface area contributed by atoms with Gasteiger partial charge < -0.3 is 5.73 Å². The van der Waals surface area contributed by atoms with Crippen LogP contribution >= 0.6 is 23.2 Å². The molecule has 2 aromatic carbocycles. The Morgan fingerprint density at radius 2 is 1.69 bits per heavy atom. The van der Waals surface area contributed by atoms with Gasteiger partial charge >= 0.3 is 0 Å². The van der Waals surface area contributed by atoms with Crippen LogP contribution in [-0.2, 0) is 0 Å². The van der Waals surface area contributed by atoms with Crippen LogP contribution < -0.4 is 5.73 Å². The molecule has 0 aliphatic heterocycles. The van der Waals surface area contributed by atoms with E-state index in [4.69, 9.17) is 23.2 Å². The third-order valence-corrected chi connectivity index (χ3v) is 4.24. The second kappa shape index (κ2) is 16.2. The fourth-order valence-corrected chi connectivity index (χ4v) is 2.99. The van der Waals surface area contributed by atoms with Gasteiger partial charge in [0.05, 0.1) is 0 Å². The van der Waals surface area contributed by atoms with Gasteiger partial charge in [-0.1, -0.05) is 86.5 Å². The molecule has 2 rings (SSSR count). The van der Waals surface area contributed by atoms with Crippen molar-refractivity contribution in [3.05, 3.63) is 88.2 Å². The number of nitrogens with zero attached hydrogens (tertiary/aromatic N) is 2. The van der Waals surface area contributed by atoms with Crippen LogP contribution in [0, 0.1) is 12.7 Å². The summed E-state index contributed by atoms with van der Waals surface area (Å²) in [5, 5.41) is 0.860. The van der Waals surface area contributed by atoms with E-state index in [1.165, 1.54) is 13.5 Å². The molecule has 2 N–H and O–H groups in total. The SMILES string of the molecule is C=C/C(=C\C=C/C)C(N=C)=Nc1c(C)ccc(-c2cc(Cl)cc(Cl)c2)c1F.CCC.CN. The summed E-state index contributed by atoms with van der Waals surface area (Å²) in [5.74, 6) is -0.199. The number of rotatable bonds is 5. The zero-order valence-corrected chi connectivity index (χ0v) is 20.9. The fraction of sp³-hybridized carbons (Fsp3) is 0.231. The topological polar surface area (TPSA) is 50.7 Å². The van der Waals surface area contributed by atoms with Crippen molar-refractivity contribution in [2.45, 2.75) is 34.1 Å². The van der Waals surface area contributed by atoms with Gasteiger partial charge in [-0.15, -0.1) is 0 Å². The Bertz CT molecular complexity index is 973. The molecule has 0 bridgehead atoms. The summed E-state index contributed by atoms with van der Waals surface area (Å²) in [6, 6.07) is 8.37. The second-order valence-corrected chi connectivity index (χ2v) is 7.28. The molecule has 6 heteroatoms. The first-order chi connectivity index (χ1) is 15.3. The van der Waals surface area contributed by atoms with Crippen LogP contribution in [0.5, 0.6) is 0 Å². The first kappa shape index (κ1) is 29.5. The quantitative estimate of drug-likeness (QED) is 0.262. The molecule has 172 valence electrons. The Hall–Kier alpha value is -2.53. The zero-order chi connectivity index (χ0) is 24.7. The third kappa shape index (κ3) is 8.91. The van der Waals surface area contributed by atoms with Gasteiger partial charge in [-0.2, -0.15) is 0 Å².